The van der Waals surface area contributed by atoms with E-state index < -0.39 is 0 Å². The molecule has 23 heavy (non-hydrogen) atoms. The molecule has 0 amide bonds. The van der Waals surface area contributed by atoms with Crippen molar-refractivity contribution in [2.45, 2.75) is 39.0 Å². The molecule has 3 heterocycles. The van der Waals surface area contributed by atoms with Gasteiger partial charge in [0, 0.05) is 31.6 Å². The van der Waals surface area contributed by atoms with Gasteiger partial charge in [0.05, 0.1) is 5.52 Å². The fraction of sp³-hybridized carbons (Fsp3) is 0.579. The normalized spacial score (nSPS) is 22.6. The third kappa shape index (κ3) is 2.99. The number of aromatic nitrogens is 2. The van der Waals surface area contributed by atoms with Gasteiger partial charge in [0.15, 0.2) is 0 Å². The van der Waals surface area contributed by atoms with Gasteiger partial charge in [-0.15, -0.1) is 0 Å². The number of benzene rings is 1. The Morgan fingerprint density at radius 2 is 1.70 bits per heavy atom. The molecule has 122 valence electrons. The number of rotatable bonds is 2. The predicted molar refractivity (Wildman–Crippen MR) is 96.2 cm³/mol. The molecule has 4 nitrogen and oxygen atoms in total. The van der Waals surface area contributed by atoms with Gasteiger partial charge >= 0.3 is 0 Å². The minimum Gasteiger partial charge on any atom is -0.356 e. The Balaban J connectivity index is 1.76. The van der Waals surface area contributed by atoms with E-state index in [1.54, 1.807) is 0 Å². The zero-order valence-electron chi connectivity index (χ0n) is 14.0. The van der Waals surface area contributed by atoms with Crippen LogP contribution in [-0.4, -0.2) is 36.1 Å². The van der Waals surface area contributed by atoms with E-state index in [9.17, 15) is 0 Å². The number of anilines is 2. The van der Waals surface area contributed by atoms with Crippen LogP contribution in [0.4, 0.5) is 11.8 Å². The zero-order valence-corrected chi connectivity index (χ0v) is 14.0. The van der Waals surface area contributed by atoms with Crippen LogP contribution in [0.1, 0.15) is 39.0 Å². The van der Waals surface area contributed by atoms with Crippen LogP contribution >= 0.6 is 0 Å². The van der Waals surface area contributed by atoms with E-state index in [0.717, 1.165) is 49.4 Å². The molecule has 0 N–H and O–H groups in total. The molecule has 1 aromatic heterocycles. The van der Waals surface area contributed by atoms with Crippen LogP contribution < -0.4 is 9.80 Å². The van der Waals surface area contributed by atoms with Crippen molar-refractivity contribution < 1.29 is 0 Å². The number of fused-ring (bicyclic) bond motifs is 1. The van der Waals surface area contributed by atoms with Crippen LogP contribution in [0, 0.1) is 5.92 Å². The third-order valence-corrected chi connectivity index (χ3v) is 5.17. The Kier molecular flexibility index (Phi) is 4.06. The highest BCUT2D eigenvalue weighted by molar-refractivity contribution is 5.90. The molecule has 4 rings (SSSR count). The van der Waals surface area contributed by atoms with Crippen LogP contribution in [0.15, 0.2) is 24.3 Å². The lowest BCUT2D eigenvalue weighted by Gasteiger charge is -2.33. The van der Waals surface area contributed by atoms with Crippen LogP contribution in [0.3, 0.4) is 0 Å². The Bertz CT molecular complexity index is 678. The standard InChI is InChI=1S/C19H26N4/c1-15-8-7-13-23(14-15)19-20-17-10-4-3-9-16(17)18(21-19)22-11-5-2-6-12-22/h3-4,9-10,15H,2,5-8,11-14H2,1H3/t15-/m1/s1. The second-order valence-corrected chi connectivity index (χ2v) is 7.11. The predicted octanol–water partition coefficient (Wildman–Crippen LogP) is 3.86. The second kappa shape index (κ2) is 6.34. The Morgan fingerprint density at radius 1 is 0.913 bits per heavy atom. The van der Waals surface area contributed by atoms with Crippen molar-refractivity contribution in [2.75, 3.05) is 36.0 Å². The number of para-hydroxylation sites is 1. The van der Waals surface area contributed by atoms with Gasteiger partial charge in [0.2, 0.25) is 5.95 Å². The first-order valence-corrected chi connectivity index (χ1v) is 9.08. The molecular formula is C19H26N4. The molecule has 2 fully saturated rings. The summed E-state index contributed by atoms with van der Waals surface area (Å²) in [5, 5.41) is 1.20. The van der Waals surface area contributed by atoms with Crippen molar-refractivity contribution in [1.29, 1.82) is 0 Å². The smallest absolute Gasteiger partial charge is 0.227 e. The SMILES string of the molecule is C[C@@H]1CCCN(c2nc(N3CCCCC3)c3ccccc3n2)C1. The summed E-state index contributed by atoms with van der Waals surface area (Å²) < 4.78 is 0. The summed E-state index contributed by atoms with van der Waals surface area (Å²) in [5.41, 5.74) is 1.08. The minimum absolute atomic E-state index is 0.734. The molecule has 1 aromatic carbocycles. The lowest BCUT2D eigenvalue weighted by Crippen LogP contribution is -2.36. The molecule has 2 aromatic rings. The van der Waals surface area contributed by atoms with Crippen molar-refractivity contribution in [3.05, 3.63) is 24.3 Å². The van der Waals surface area contributed by atoms with Crippen LogP contribution in [-0.2, 0) is 0 Å². The summed E-state index contributed by atoms with van der Waals surface area (Å²) in [6.07, 6.45) is 6.46. The van der Waals surface area contributed by atoms with Gasteiger partial charge in [-0.05, 0) is 50.2 Å². The first-order valence-electron chi connectivity index (χ1n) is 9.08. The van der Waals surface area contributed by atoms with Gasteiger partial charge in [-0.2, -0.15) is 4.98 Å². The molecule has 2 aliphatic heterocycles. The average molecular weight is 310 g/mol. The first-order chi connectivity index (χ1) is 11.3. The van der Waals surface area contributed by atoms with E-state index in [1.807, 2.05) is 0 Å². The second-order valence-electron chi connectivity index (χ2n) is 7.11. The number of piperidine rings is 2. The van der Waals surface area contributed by atoms with Crippen LogP contribution in [0.5, 0.6) is 0 Å². The summed E-state index contributed by atoms with van der Waals surface area (Å²) in [5.74, 6) is 2.80. The van der Waals surface area contributed by atoms with E-state index in [1.165, 1.54) is 37.5 Å². The topological polar surface area (TPSA) is 32.3 Å². The lowest BCUT2D eigenvalue weighted by molar-refractivity contribution is 0.442. The fourth-order valence-electron chi connectivity index (χ4n) is 3.91. The van der Waals surface area contributed by atoms with Crippen molar-refractivity contribution in [3.8, 4) is 0 Å². The molecule has 0 unspecified atom stereocenters. The largest absolute Gasteiger partial charge is 0.356 e. The number of hydrogen-bond donors (Lipinski definition) is 0. The van der Waals surface area contributed by atoms with Gasteiger partial charge in [-0.3, -0.25) is 0 Å². The Morgan fingerprint density at radius 3 is 2.52 bits per heavy atom. The quantitative estimate of drug-likeness (QED) is 0.843. The van der Waals surface area contributed by atoms with Crippen molar-refractivity contribution in [2.24, 2.45) is 5.92 Å². The highest BCUT2D eigenvalue weighted by Gasteiger charge is 2.22. The number of hydrogen-bond acceptors (Lipinski definition) is 4. The van der Waals surface area contributed by atoms with Crippen molar-refractivity contribution in [1.82, 2.24) is 9.97 Å². The monoisotopic (exact) mass is 310 g/mol. The fourth-order valence-corrected chi connectivity index (χ4v) is 3.91. The summed E-state index contributed by atoms with van der Waals surface area (Å²) in [6.45, 7) is 6.74. The van der Waals surface area contributed by atoms with E-state index in [0.29, 0.717) is 0 Å². The summed E-state index contributed by atoms with van der Waals surface area (Å²) >= 11 is 0. The van der Waals surface area contributed by atoms with Gasteiger partial charge < -0.3 is 9.80 Å². The molecular weight excluding hydrogens is 284 g/mol. The lowest BCUT2D eigenvalue weighted by atomic mass is 10.0. The zero-order chi connectivity index (χ0) is 15.6. The summed E-state index contributed by atoms with van der Waals surface area (Å²) in [7, 11) is 0. The van der Waals surface area contributed by atoms with Gasteiger partial charge in [-0.25, -0.2) is 4.98 Å². The molecule has 0 bridgehead atoms. The van der Waals surface area contributed by atoms with Gasteiger partial charge in [0.25, 0.3) is 0 Å². The maximum atomic E-state index is 5.02. The van der Waals surface area contributed by atoms with Crippen LogP contribution in [0.2, 0.25) is 0 Å². The molecule has 2 aliphatic rings. The molecule has 0 aliphatic carbocycles. The van der Waals surface area contributed by atoms with Crippen molar-refractivity contribution in [3.63, 3.8) is 0 Å². The Labute approximate surface area is 138 Å². The molecule has 0 saturated carbocycles. The minimum atomic E-state index is 0.734. The maximum Gasteiger partial charge on any atom is 0.227 e. The summed E-state index contributed by atoms with van der Waals surface area (Å²) in [6, 6.07) is 8.48. The maximum absolute atomic E-state index is 5.02. The molecule has 2 saturated heterocycles. The van der Waals surface area contributed by atoms with E-state index in [-0.39, 0.29) is 0 Å². The molecule has 1 atom stereocenters. The van der Waals surface area contributed by atoms with E-state index in [4.69, 9.17) is 9.97 Å². The Hall–Kier alpha value is -1.84. The van der Waals surface area contributed by atoms with E-state index >= 15 is 0 Å². The third-order valence-electron chi connectivity index (χ3n) is 5.17. The van der Waals surface area contributed by atoms with Crippen molar-refractivity contribution >= 4 is 22.7 Å². The highest BCUT2D eigenvalue weighted by atomic mass is 15.3. The average Bonchev–Trinajstić information content (AvgIpc) is 2.61. The van der Waals surface area contributed by atoms with Crippen LogP contribution in [0.25, 0.3) is 10.9 Å². The van der Waals surface area contributed by atoms with Gasteiger partial charge in [0.1, 0.15) is 5.82 Å². The highest BCUT2D eigenvalue weighted by Crippen LogP contribution is 2.30. The molecule has 0 radical (unpaired) electrons. The van der Waals surface area contributed by atoms with E-state index in [2.05, 4.69) is 41.0 Å². The molecule has 0 spiro atoms. The molecule has 4 heteroatoms. The number of nitrogens with zero attached hydrogens (tertiary/aromatic N) is 4. The van der Waals surface area contributed by atoms with Gasteiger partial charge in [-0.1, -0.05) is 19.1 Å². The summed E-state index contributed by atoms with van der Waals surface area (Å²) in [4.78, 5) is 14.7. The first kappa shape index (κ1) is 14.7.